The molecule has 0 bridgehead atoms. The molecule has 0 amide bonds. The Labute approximate surface area is 304 Å². The third kappa shape index (κ3) is 4.43. The Morgan fingerprint density at radius 3 is 2.29 bits per heavy atom. The summed E-state index contributed by atoms with van der Waals surface area (Å²) in [4.78, 5) is 2.61. The second-order valence-electron chi connectivity index (χ2n) is 14.6. The van der Waals surface area contributed by atoms with Gasteiger partial charge in [0, 0.05) is 51.6 Å². The molecule has 1 aromatic heterocycles. The molecule has 7 aromatic rings. The third-order valence-corrected chi connectivity index (χ3v) is 11.8. The van der Waals surface area contributed by atoms with Crippen molar-refractivity contribution in [2.45, 2.75) is 37.6 Å². The van der Waals surface area contributed by atoms with Crippen LogP contribution in [-0.2, 0) is 6.42 Å². The van der Waals surface area contributed by atoms with E-state index in [1.807, 2.05) is 0 Å². The first-order valence-electron chi connectivity index (χ1n) is 18.8. The summed E-state index contributed by atoms with van der Waals surface area (Å²) in [6, 6.07) is 49.4. The maximum absolute atomic E-state index is 2.61. The molecule has 6 aromatic carbocycles. The SMILES string of the molecule is C1=CC(N(C2=CCC3C(=C2)c2c4ccccc4cc4cccc3c24)c2ccccc2)Cc2c1c1ccccc1n2C1=CCCC=C1c1ccccc1. The summed E-state index contributed by atoms with van der Waals surface area (Å²) < 4.78 is 2.59. The fraction of sp³-hybridized carbons (Fsp3) is 0.120. The van der Waals surface area contributed by atoms with E-state index in [2.05, 4.69) is 179 Å². The second-order valence-corrected chi connectivity index (χ2v) is 14.6. The molecule has 2 nitrogen and oxygen atoms in total. The zero-order valence-corrected chi connectivity index (χ0v) is 29.0. The van der Waals surface area contributed by atoms with Crippen LogP contribution in [0.2, 0.25) is 0 Å². The van der Waals surface area contributed by atoms with Gasteiger partial charge in [0.05, 0.1) is 11.6 Å². The number of allylic oxidation sites excluding steroid dienone is 7. The lowest BCUT2D eigenvalue weighted by Crippen LogP contribution is -2.37. The highest BCUT2D eigenvalue weighted by atomic mass is 15.2. The second kappa shape index (κ2) is 11.7. The molecule has 248 valence electrons. The van der Waals surface area contributed by atoms with Crippen molar-refractivity contribution in [3.63, 3.8) is 0 Å². The van der Waals surface area contributed by atoms with Crippen molar-refractivity contribution in [1.82, 2.24) is 4.57 Å². The monoisotopic (exact) mass is 666 g/mol. The van der Waals surface area contributed by atoms with Crippen LogP contribution in [0, 0.1) is 0 Å². The molecule has 0 saturated heterocycles. The molecule has 0 aliphatic heterocycles. The molecule has 0 saturated carbocycles. The lowest BCUT2D eigenvalue weighted by atomic mass is 9.86. The number of hydrogen-bond acceptors (Lipinski definition) is 1. The Morgan fingerprint density at radius 1 is 0.654 bits per heavy atom. The predicted molar refractivity (Wildman–Crippen MR) is 220 cm³/mol. The average Bonchev–Trinajstić information content (AvgIpc) is 3.72. The van der Waals surface area contributed by atoms with Gasteiger partial charge in [0.25, 0.3) is 0 Å². The van der Waals surface area contributed by atoms with Crippen molar-refractivity contribution in [2.24, 2.45) is 0 Å². The van der Waals surface area contributed by atoms with E-state index in [-0.39, 0.29) is 6.04 Å². The predicted octanol–water partition coefficient (Wildman–Crippen LogP) is 12.6. The van der Waals surface area contributed by atoms with Gasteiger partial charge in [0.2, 0.25) is 0 Å². The van der Waals surface area contributed by atoms with E-state index in [4.69, 9.17) is 0 Å². The maximum Gasteiger partial charge on any atom is 0.0580 e. The first-order valence-corrected chi connectivity index (χ1v) is 18.8. The number of aromatic nitrogens is 1. The first-order chi connectivity index (χ1) is 25.8. The van der Waals surface area contributed by atoms with Crippen LogP contribution in [0.3, 0.4) is 0 Å². The van der Waals surface area contributed by atoms with Gasteiger partial charge in [0.15, 0.2) is 0 Å². The molecule has 2 atom stereocenters. The van der Waals surface area contributed by atoms with Gasteiger partial charge < -0.3 is 9.47 Å². The number of anilines is 1. The van der Waals surface area contributed by atoms with Crippen molar-refractivity contribution >= 4 is 61.1 Å². The van der Waals surface area contributed by atoms with Gasteiger partial charge in [-0.05, 0) is 93.4 Å². The average molecular weight is 667 g/mol. The molecule has 52 heavy (non-hydrogen) atoms. The van der Waals surface area contributed by atoms with Crippen LogP contribution < -0.4 is 4.90 Å². The fourth-order valence-electron chi connectivity index (χ4n) is 9.64. The number of para-hydroxylation sites is 2. The minimum Gasteiger partial charge on any atom is -0.334 e. The Bertz CT molecular complexity index is 2730. The van der Waals surface area contributed by atoms with Gasteiger partial charge in [-0.15, -0.1) is 0 Å². The van der Waals surface area contributed by atoms with Gasteiger partial charge in [0.1, 0.15) is 0 Å². The normalized spacial score (nSPS) is 18.8. The quantitative estimate of drug-likeness (QED) is 0.166. The van der Waals surface area contributed by atoms with Crippen LogP contribution in [0.1, 0.15) is 53.1 Å². The molecular weight excluding hydrogens is 629 g/mol. The smallest absolute Gasteiger partial charge is 0.0580 e. The Hall–Kier alpha value is -6.12. The highest BCUT2D eigenvalue weighted by molar-refractivity contribution is 6.15. The van der Waals surface area contributed by atoms with E-state index in [0.29, 0.717) is 5.92 Å². The van der Waals surface area contributed by atoms with Crippen molar-refractivity contribution in [3.8, 4) is 0 Å². The molecule has 4 aliphatic carbocycles. The number of rotatable bonds is 5. The molecule has 2 unspecified atom stereocenters. The number of fused-ring (bicyclic) bond motifs is 8. The van der Waals surface area contributed by atoms with Gasteiger partial charge in [-0.3, -0.25) is 0 Å². The topological polar surface area (TPSA) is 8.17 Å². The molecule has 11 rings (SSSR count). The Kier molecular flexibility index (Phi) is 6.67. The van der Waals surface area contributed by atoms with Crippen LogP contribution in [0.15, 0.2) is 170 Å². The highest BCUT2D eigenvalue weighted by Gasteiger charge is 2.35. The first kappa shape index (κ1) is 29.6. The molecular formula is C50H38N2. The van der Waals surface area contributed by atoms with E-state index in [0.717, 1.165) is 25.7 Å². The molecule has 0 spiro atoms. The molecule has 2 heteroatoms. The lowest BCUT2D eigenvalue weighted by molar-refractivity contribution is 0.716. The van der Waals surface area contributed by atoms with Gasteiger partial charge >= 0.3 is 0 Å². The van der Waals surface area contributed by atoms with Crippen LogP contribution in [0.25, 0.3) is 55.4 Å². The Morgan fingerprint density at radius 2 is 1.40 bits per heavy atom. The third-order valence-electron chi connectivity index (χ3n) is 11.8. The van der Waals surface area contributed by atoms with E-state index >= 15 is 0 Å². The summed E-state index contributed by atoms with van der Waals surface area (Å²) in [5, 5.41) is 6.78. The van der Waals surface area contributed by atoms with Crippen molar-refractivity contribution < 1.29 is 0 Å². The van der Waals surface area contributed by atoms with Crippen LogP contribution in [0.5, 0.6) is 0 Å². The number of benzene rings is 6. The van der Waals surface area contributed by atoms with Crippen molar-refractivity contribution in [2.75, 3.05) is 4.90 Å². The molecule has 4 aliphatic rings. The summed E-state index contributed by atoms with van der Waals surface area (Å²) in [6.07, 6.45) is 18.8. The summed E-state index contributed by atoms with van der Waals surface area (Å²) in [6.45, 7) is 0. The van der Waals surface area contributed by atoms with E-state index < -0.39 is 0 Å². The molecule has 0 fully saturated rings. The maximum atomic E-state index is 2.61. The van der Waals surface area contributed by atoms with E-state index in [1.54, 1.807) is 0 Å². The van der Waals surface area contributed by atoms with E-state index in [9.17, 15) is 0 Å². The molecule has 0 radical (unpaired) electrons. The standard InChI is InChI=1S/C50H38N2/c1-3-14-33(15-4-1)39-20-9-11-24-46(39)52-47-25-12-10-22-42(47)43-29-27-38(32-48(43)52)51(36-18-5-2-6-19-36)37-26-28-41-44-23-13-17-35-30-34-16-7-8-21-40(34)50(49(35)44)45(41)31-37/h1-8,10,12-27,29-31,38,41H,9,11,28,32H2. The summed E-state index contributed by atoms with van der Waals surface area (Å²) >= 11 is 0. The Balaban J connectivity index is 1.06. The molecule has 1 heterocycles. The minimum absolute atomic E-state index is 0.141. The largest absolute Gasteiger partial charge is 0.334 e. The van der Waals surface area contributed by atoms with Crippen LogP contribution in [-0.4, -0.2) is 10.6 Å². The zero-order chi connectivity index (χ0) is 34.2. The summed E-state index contributed by atoms with van der Waals surface area (Å²) in [5.41, 5.74) is 14.8. The van der Waals surface area contributed by atoms with Crippen LogP contribution in [0.4, 0.5) is 5.69 Å². The fourth-order valence-corrected chi connectivity index (χ4v) is 9.64. The lowest BCUT2D eigenvalue weighted by Gasteiger charge is -2.37. The van der Waals surface area contributed by atoms with Gasteiger partial charge in [-0.1, -0.05) is 140 Å². The summed E-state index contributed by atoms with van der Waals surface area (Å²) in [5.74, 6) is 0.378. The van der Waals surface area contributed by atoms with E-state index in [1.165, 1.54) is 88.6 Å². The van der Waals surface area contributed by atoms with Crippen LogP contribution >= 0.6 is 0 Å². The van der Waals surface area contributed by atoms with Gasteiger partial charge in [-0.25, -0.2) is 0 Å². The molecule has 0 N–H and O–H groups in total. The zero-order valence-electron chi connectivity index (χ0n) is 29.0. The number of hydrogen-bond donors (Lipinski definition) is 0. The van der Waals surface area contributed by atoms with Gasteiger partial charge in [-0.2, -0.15) is 0 Å². The van der Waals surface area contributed by atoms with Crippen molar-refractivity contribution in [1.29, 1.82) is 0 Å². The van der Waals surface area contributed by atoms with Crippen molar-refractivity contribution in [3.05, 3.63) is 197 Å². The highest BCUT2D eigenvalue weighted by Crippen LogP contribution is 2.53. The summed E-state index contributed by atoms with van der Waals surface area (Å²) in [7, 11) is 0. The number of nitrogens with zero attached hydrogens (tertiary/aromatic N) is 2. The minimum atomic E-state index is 0.141.